The Morgan fingerprint density at radius 2 is 1.93 bits per heavy atom. The maximum absolute atomic E-state index is 12.5. The summed E-state index contributed by atoms with van der Waals surface area (Å²) in [6.45, 7) is 13.2. The molecule has 0 bridgehead atoms. The van der Waals surface area contributed by atoms with Crippen molar-refractivity contribution >= 4 is 11.8 Å². The molecule has 2 aliphatic rings. The van der Waals surface area contributed by atoms with Gasteiger partial charge in [-0.05, 0) is 32.8 Å². The number of carbonyl (C=O) groups excluding carboxylic acids is 2. The summed E-state index contributed by atoms with van der Waals surface area (Å²) in [4.78, 5) is 34.8. The summed E-state index contributed by atoms with van der Waals surface area (Å²) >= 11 is 0. The molecule has 0 atom stereocenters. The van der Waals surface area contributed by atoms with Gasteiger partial charge in [0.05, 0.1) is 17.9 Å². The van der Waals surface area contributed by atoms with Gasteiger partial charge in [0.25, 0.3) is 0 Å². The second kappa shape index (κ2) is 8.69. The van der Waals surface area contributed by atoms with E-state index in [4.69, 9.17) is 4.98 Å². The summed E-state index contributed by atoms with van der Waals surface area (Å²) in [5, 5.41) is 0. The maximum atomic E-state index is 12.5. The van der Waals surface area contributed by atoms with Crippen LogP contribution in [0.15, 0.2) is 12.7 Å². The monoisotopic (exact) mass is 373 g/mol. The Hall–Kier alpha value is -2.15. The van der Waals surface area contributed by atoms with Crippen LogP contribution in [0, 0.1) is 6.92 Å². The first kappa shape index (κ1) is 19.6. The molecule has 1 aromatic heterocycles. The summed E-state index contributed by atoms with van der Waals surface area (Å²) in [5.41, 5.74) is 2.48. The zero-order valence-corrected chi connectivity index (χ0v) is 16.6. The van der Waals surface area contributed by atoms with Crippen LogP contribution in [0.1, 0.15) is 37.0 Å². The van der Waals surface area contributed by atoms with Crippen LogP contribution < -0.4 is 0 Å². The normalized spacial score (nSPS) is 17.5. The second-order valence-electron chi connectivity index (χ2n) is 7.38. The number of imidazole rings is 1. The van der Waals surface area contributed by atoms with Crippen LogP contribution in [0.4, 0.5) is 0 Å². The molecular weight excluding hydrogens is 342 g/mol. The molecule has 2 amide bonds. The lowest BCUT2D eigenvalue weighted by Crippen LogP contribution is -2.51. The number of nitrogens with zero attached hydrogens (tertiary/aromatic N) is 5. The van der Waals surface area contributed by atoms with Crippen molar-refractivity contribution < 1.29 is 9.59 Å². The van der Waals surface area contributed by atoms with Crippen molar-refractivity contribution in [1.82, 2.24) is 24.3 Å². The van der Waals surface area contributed by atoms with E-state index in [0.29, 0.717) is 19.6 Å². The van der Waals surface area contributed by atoms with Crippen molar-refractivity contribution in [2.75, 3.05) is 39.3 Å². The van der Waals surface area contributed by atoms with Gasteiger partial charge in [0.1, 0.15) is 5.82 Å². The molecule has 7 nitrogen and oxygen atoms in total. The lowest BCUT2D eigenvalue weighted by Gasteiger charge is -2.36. The summed E-state index contributed by atoms with van der Waals surface area (Å²) in [5.74, 6) is 1.06. The van der Waals surface area contributed by atoms with Crippen molar-refractivity contribution in [3.8, 4) is 0 Å². The highest BCUT2D eigenvalue weighted by Crippen LogP contribution is 2.21. The molecule has 1 aromatic rings. The average Bonchev–Trinajstić information content (AvgIpc) is 3.01. The minimum Gasteiger partial charge on any atom is -0.339 e. The summed E-state index contributed by atoms with van der Waals surface area (Å²) < 4.78 is 2.40. The van der Waals surface area contributed by atoms with Crippen molar-refractivity contribution in [1.29, 1.82) is 0 Å². The smallest absolute Gasteiger partial charge is 0.246 e. The van der Waals surface area contributed by atoms with Gasteiger partial charge in [-0.1, -0.05) is 6.58 Å². The van der Waals surface area contributed by atoms with E-state index >= 15 is 0 Å². The van der Waals surface area contributed by atoms with Gasteiger partial charge in [-0.3, -0.25) is 14.5 Å². The molecule has 0 radical (unpaired) electrons. The van der Waals surface area contributed by atoms with E-state index in [1.54, 1.807) is 0 Å². The Balaban J connectivity index is 1.53. The summed E-state index contributed by atoms with van der Waals surface area (Å²) in [6, 6.07) is 0. The third-order valence-electron chi connectivity index (χ3n) is 5.68. The fourth-order valence-corrected chi connectivity index (χ4v) is 3.98. The number of aryl methyl sites for hydroxylation is 2. The molecule has 148 valence electrons. The van der Waals surface area contributed by atoms with Crippen LogP contribution in [0.5, 0.6) is 0 Å². The number of hydrogen-bond donors (Lipinski definition) is 0. The van der Waals surface area contributed by atoms with Crippen LogP contribution in [-0.2, 0) is 29.1 Å². The lowest BCUT2D eigenvalue weighted by atomic mass is 10.1. The number of likely N-dealkylation sites (N-methyl/N-ethyl adjacent to an activating group) is 1. The quantitative estimate of drug-likeness (QED) is 0.703. The number of aromatic nitrogens is 2. The molecule has 1 fully saturated rings. The Labute approximate surface area is 161 Å². The van der Waals surface area contributed by atoms with Gasteiger partial charge in [-0.25, -0.2) is 4.98 Å². The molecule has 2 aliphatic heterocycles. The topological polar surface area (TPSA) is 61.7 Å². The van der Waals surface area contributed by atoms with E-state index in [1.165, 1.54) is 35.3 Å². The summed E-state index contributed by atoms with van der Waals surface area (Å²) in [7, 11) is 0. The molecule has 27 heavy (non-hydrogen) atoms. The third kappa shape index (κ3) is 4.40. The van der Waals surface area contributed by atoms with Gasteiger partial charge in [-0.2, -0.15) is 0 Å². The first-order chi connectivity index (χ1) is 13.0. The average molecular weight is 374 g/mol. The van der Waals surface area contributed by atoms with Crippen LogP contribution in [0.3, 0.4) is 0 Å². The Morgan fingerprint density at radius 3 is 2.59 bits per heavy atom. The van der Waals surface area contributed by atoms with Crippen LogP contribution in [0.2, 0.25) is 0 Å². The van der Waals surface area contributed by atoms with Crippen LogP contribution in [-0.4, -0.2) is 75.3 Å². The lowest BCUT2D eigenvalue weighted by molar-refractivity contribution is -0.139. The van der Waals surface area contributed by atoms with Crippen LogP contribution >= 0.6 is 0 Å². The van der Waals surface area contributed by atoms with Gasteiger partial charge < -0.3 is 14.4 Å². The predicted octanol–water partition coefficient (Wildman–Crippen LogP) is 1.21. The Morgan fingerprint density at radius 1 is 1.19 bits per heavy atom. The standard InChI is InChI=1S/C20H31N5O2/c1-4-19(26)23(5-2)15-20(27)24-12-10-22(11-13-24)14-17-16(3)21-18-8-6-7-9-25(17)18/h4H,1,5-15H2,2-3H3. The van der Waals surface area contributed by atoms with E-state index in [1.807, 2.05) is 11.8 Å². The largest absolute Gasteiger partial charge is 0.339 e. The van der Waals surface area contributed by atoms with E-state index in [2.05, 4.69) is 23.0 Å². The minimum absolute atomic E-state index is 0.0182. The third-order valence-corrected chi connectivity index (χ3v) is 5.68. The van der Waals surface area contributed by atoms with Gasteiger partial charge in [0, 0.05) is 52.2 Å². The second-order valence-corrected chi connectivity index (χ2v) is 7.38. The highest BCUT2D eigenvalue weighted by Gasteiger charge is 2.25. The molecule has 3 heterocycles. The summed E-state index contributed by atoms with van der Waals surface area (Å²) in [6.07, 6.45) is 4.82. The molecule has 0 aromatic carbocycles. The SMILES string of the molecule is C=CC(=O)N(CC)CC(=O)N1CCN(Cc2c(C)nc3n2CCCC3)CC1. The highest BCUT2D eigenvalue weighted by molar-refractivity contribution is 5.90. The zero-order valence-electron chi connectivity index (χ0n) is 16.6. The van der Waals surface area contributed by atoms with E-state index in [9.17, 15) is 9.59 Å². The Bertz CT molecular complexity index is 703. The molecular formula is C20H31N5O2. The van der Waals surface area contributed by atoms with Crippen molar-refractivity contribution in [3.63, 3.8) is 0 Å². The molecule has 0 aliphatic carbocycles. The zero-order chi connectivity index (χ0) is 19.4. The fraction of sp³-hybridized carbons (Fsp3) is 0.650. The first-order valence-electron chi connectivity index (χ1n) is 9.99. The first-order valence-corrected chi connectivity index (χ1v) is 9.99. The molecule has 7 heteroatoms. The Kier molecular flexibility index (Phi) is 6.31. The molecule has 0 saturated carbocycles. The number of amides is 2. The molecule has 0 spiro atoms. The van der Waals surface area contributed by atoms with E-state index in [-0.39, 0.29) is 18.4 Å². The van der Waals surface area contributed by atoms with Crippen molar-refractivity contribution in [2.24, 2.45) is 0 Å². The number of carbonyl (C=O) groups is 2. The van der Waals surface area contributed by atoms with Gasteiger partial charge >= 0.3 is 0 Å². The number of fused-ring (bicyclic) bond motifs is 1. The number of piperazine rings is 1. The van der Waals surface area contributed by atoms with E-state index < -0.39 is 0 Å². The van der Waals surface area contributed by atoms with Gasteiger partial charge in [0.2, 0.25) is 11.8 Å². The van der Waals surface area contributed by atoms with E-state index in [0.717, 1.165) is 38.3 Å². The fourth-order valence-electron chi connectivity index (χ4n) is 3.98. The minimum atomic E-state index is -0.189. The molecule has 1 saturated heterocycles. The maximum Gasteiger partial charge on any atom is 0.246 e. The predicted molar refractivity (Wildman–Crippen MR) is 104 cm³/mol. The van der Waals surface area contributed by atoms with Crippen molar-refractivity contribution in [3.05, 3.63) is 29.9 Å². The number of rotatable bonds is 6. The molecule has 0 N–H and O–H groups in total. The highest BCUT2D eigenvalue weighted by atomic mass is 16.2. The van der Waals surface area contributed by atoms with Gasteiger partial charge in [-0.15, -0.1) is 0 Å². The van der Waals surface area contributed by atoms with Gasteiger partial charge in [0.15, 0.2) is 0 Å². The van der Waals surface area contributed by atoms with Crippen LogP contribution in [0.25, 0.3) is 0 Å². The molecule has 0 unspecified atom stereocenters. The molecule has 3 rings (SSSR count). The van der Waals surface area contributed by atoms with Crippen molar-refractivity contribution in [2.45, 2.75) is 46.2 Å². The number of hydrogen-bond acceptors (Lipinski definition) is 4.